The van der Waals surface area contributed by atoms with E-state index in [1.54, 1.807) is 25.3 Å². The summed E-state index contributed by atoms with van der Waals surface area (Å²) in [6.45, 7) is 2.74. The van der Waals surface area contributed by atoms with Gasteiger partial charge >= 0.3 is 5.97 Å². The molecule has 1 amide bonds. The monoisotopic (exact) mass is 263 g/mol. The van der Waals surface area contributed by atoms with Gasteiger partial charge in [-0.15, -0.1) is 0 Å². The third kappa shape index (κ3) is 4.93. The lowest BCUT2D eigenvalue weighted by atomic mass is 10.0. The third-order valence-electron chi connectivity index (χ3n) is 2.53. The van der Waals surface area contributed by atoms with Crippen LogP contribution in [0.25, 0.3) is 6.08 Å². The number of aryl methyl sites for hydroxylation is 1. The molecule has 1 aromatic rings. The van der Waals surface area contributed by atoms with Gasteiger partial charge in [0.1, 0.15) is 0 Å². The summed E-state index contributed by atoms with van der Waals surface area (Å²) in [7, 11) is 1.57. The Balaban J connectivity index is 2.76. The number of nitrogens with one attached hydrogen (secondary N) is 1. The van der Waals surface area contributed by atoms with E-state index in [-0.39, 0.29) is 5.91 Å². The lowest BCUT2D eigenvalue weighted by Crippen LogP contribution is -2.26. The first-order valence-electron chi connectivity index (χ1n) is 5.83. The van der Waals surface area contributed by atoms with Crippen LogP contribution in [-0.4, -0.2) is 37.2 Å². The van der Waals surface area contributed by atoms with Crippen LogP contribution < -0.4 is 5.32 Å². The zero-order valence-corrected chi connectivity index (χ0v) is 11.0. The second kappa shape index (κ2) is 7.33. The lowest BCUT2D eigenvalue weighted by Gasteiger charge is -2.07. The van der Waals surface area contributed by atoms with Crippen molar-refractivity contribution < 1.29 is 19.4 Å². The van der Waals surface area contributed by atoms with Gasteiger partial charge in [-0.2, -0.15) is 0 Å². The van der Waals surface area contributed by atoms with Crippen molar-refractivity contribution >= 4 is 18.0 Å². The number of ether oxygens (including phenoxy) is 1. The quantitative estimate of drug-likeness (QED) is 0.602. The van der Waals surface area contributed by atoms with E-state index in [1.165, 1.54) is 6.08 Å². The Hall–Kier alpha value is -2.14. The summed E-state index contributed by atoms with van der Waals surface area (Å²) in [6, 6.07) is 5.11. The second-order valence-corrected chi connectivity index (χ2v) is 3.99. The van der Waals surface area contributed by atoms with Crippen molar-refractivity contribution in [2.75, 3.05) is 20.3 Å². The normalized spacial score (nSPS) is 10.6. The van der Waals surface area contributed by atoms with E-state index in [9.17, 15) is 9.59 Å². The summed E-state index contributed by atoms with van der Waals surface area (Å²) >= 11 is 0. The van der Waals surface area contributed by atoms with Crippen molar-refractivity contribution in [1.82, 2.24) is 5.32 Å². The van der Waals surface area contributed by atoms with Crippen LogP contribution in [0.3, 0.4) is 0 Å². The van der Waals surface area contributed by atoms with Crippen LogP contribution in [0.15, 0.2) is 24.3 Å². The molecule has 0 aliphatic heterocycles. The van der Waals surface area contributed by atoms with Gasteiger partial charge in [0.05, 0.1) is 6.61 Å². The molecule has 0 bridgehead atoms. The number of methoxy groups -OCH3 is 1. The maximum Gasteiger partial charge on any atom is 0.328 e. The highest BCUT2D eigenvalue weighted by Crippen LogP contribution is 2.12. The molecule has 0 radical (unpaired) electrons. The molecular formula is C14H17NO4. The average molecular weight is 263 g/mol. The van der Waals surface area contributed by atoms with Gasteiger partial charge in [0.2, 0.25) is 0 Å². The molecule has 102 valence electrons. The van der Waals surface area contributed by atoms with Gasteiger partial charge < -0.3 is 15.2 Å². The molecule has 2 N–H and O–H groups in total. The van der Waals surface area contributed by atoms with Crippen LogP contribution in [0.2, 0.25) is 0 Å². The minimum atomic E-state index is -0.999. The number of benzene rings is 1. The van der Waals surface area contributed by atoms with Crippen molar-refractivity contribution in [3.05, 3.63) is 41.0 Å². The van der Waals surface area contributed by atoms with Crippen LogP contribution in [-0.2, 0) is 9.53 Å². The van der Waals surface area contributed by atoms with Crippen molar-refractivity contribution in [2.24, 2.45) is 0 Å². The van der Waals surface area contributed by atoms with Crippen molar-refractivity contribution in [3.8, 4) is 0 Å². The van der Waals surface area contributed by atoms with Crippen molar-refractivity contribution in [3.63, 3.8) is 0 Å². The summed E-state index contributed by atoms with van der Waals surface area (Å²) in [6.07, 6.45) is 2.57. The highest BCUT2D eigenvalue weighted by Gasteiger charge is 2.06. The summed E-state index contributed by atoms with van der Waals surface area (Å²) < 4.78 is 4.85. The van der Waals surface area contributed by atoms with Crippen molar-refractivity contribution in [1.29, 1.82) is 0 Å². The predicted octanol–water partition coefficient (Wildman–Crippen LogP) is 1.47. The Labute approximate surface area is 111 Å². The van der Waals surface area contributed by atoms with Gasteiger partial charge in [0.25, 0.3) is 5.91 Å². The maximum atomic E-state index is 11.8. The fourth-order valence-electron chi connectivity index (χ4n) is 1.53. The Kier molecular flexibility index (Phi) is 5.75. The van der Waals surface area contributed by atoms with E-state index in [0.717, 1.165) is 17.2 Å². The number of carboxylic acids is 1. The van der Waals surface area contributed by atoms with Gasteiger partial charge in [-0.3, -0.25) is 4.79 Å². The fraction of sp³-hybridized carbons (Fsp3) is 0.286. The largest absolute Gasteiger partial charge is 0.478 e. The molecule has 0 spiro atoms. The number of carbonyl (C=O) groups excluding carboxylic acids is 1. The molecule has 5 nitrogen and oxygen atoms in total. The van der Waals surface area contributed by atoms with Crippen LogP contribution >= 0.6 is 0 Å². The highest BCUT2D eigenvalue weighted by molar-refractivity contribution is 5.95. The van der Waals surface area contributed by atoms with E-state index >= 15 is 0 Å². The first kappa shape index (κ1) is 14.9. The molecule has 0 aliphatic carbocycles. The maximum absolute atomic E-state index is 11.8. The molecule has 0 aliphatic rings. The number of rotatable bonds is 6. The number of carbonyl (C=O) groups is 2. The number of aliphatic carboxylic acids is 1. The molecule has 1 aromatic carbocycles. The summed E-state index contributed by atoms with van der Waals surface area (Å²) in [5, 5.41) is 11.3. The molecule has 0 saturated carbocycles. The molecule has 1 rings (SSSR count). The Morgan fingerprint density at radius 2 is 2.16 bits per heavy atom. The Bertz CT molecular complexity index is 494. The van der Waals surface area contributed by atoms with Crippen LogP contribution in [0, 0.1) is 6.92 Å². The number of hydrogen-bond acceptors (Lipinski definition) is 3. The van der Waals surface area contributed by atoms with E-state index in [0.29, 0.717) is 18.7 Å². The van der Waals surface area contributed by atoms with Gasteiger partial charge in [-0.1, -0.05) is 6.07 Å². The second-order valence-electron chi connectivity index (χ2n) is 3.99. The minimum Gasteiger partial charge on any atom is -0.478 e. The molecular weight excluding hydrogens is 246 g/mol. The van der Waals surface area contributed by atoms with Crippen LogP contribution in [0.4, 0.5) is 0 Å². The van der Waals surface area contributed by atoms with Gasteiger partial charge in [0, 0.05) is 25.3 Å². The SMILES string of the molecule is COCCNC(=O)c1ccc(/C=C/C(=O)O)c(C)c1. The zero-order valence-electron chi connectivity index (χ0n) is 11.0. The van der Waals surface area contributed by atoms with E-state index in [4.69, 9.17) is 9.84 Å². The summed E-state index contributed by atoms with van der Waals surface area (Å²) in [5.74, 6) is -1.17. The minimum absolute atomic E-state index is 0.172. The smallest absolute Gasteiger partial charge is 0.328 e. The standard InChI is InChI=1S/C14H17NO4/c1-10-9-12(14(18)15-7-8-19-2)4-3-11(10)5-6-13(16)17/h3-6,9H,7-8H2,1-2H3,(H,15,18)(H,16,17)/b6-5+. The summed E-state index contributed by atoms with van der Waals surface area (Å²) in [4.78, 5) is 22.2. The topological polar surface area (TPSA) is 75.6 Å². The molecule has 0 unspecified atom stereocenters. The van der Waals surface area contributed by atoms with Gasteiger partial charge in [-0.25, -0.2) is 4.79 Å². The van der Waals surface area contributed by atoms with E-state index in [1.807, 2.05) is 6.92 Å². The third-order valence-corrected chi connectivity index (χ3v) is 2.53. The molecule has 5 heteroatoms. The molecule has 19 heavy (non-hydrogen) atoms. The molecule has 0 fully saturated rings. The number of amides is 1. The lowest BCUT2D eigenvalue weighted by molar-refractivity contribution is -0.131. The molecule has 0 saturated heterocycles. The first-order valence-corrected chi connectivity index (χ1v) is 5.83. The fourth-order valence-corrected chi connectivity index (χ4v) is 1.53. The Morgan fingerprint density at radius 1 is 1.42 bits per heavy atom. The van der Waals surface area contributed by atoms with E-state index < -0.39 is 5.97 Å². The van der Waals surface area contributed by atoms with Gasteiger partial charge in [-0.05, 0) is 36.3 Å². The molecule has 0 aromatic heterocycles. The zero-order chi connectivity index (χ0) is 14.3. The predicted molar refractivity (Wildman–Crippen MR) is 72.1 cm³/mol. The van der Waals surface area contributed by atoms with Crippen LogP contribution in [0.1, 0.15) is 21.5 Å². The molecule has 0 atom stereocenters. The van der Waals surface area contributed by atoms with Gasteiger partial charge in [0.15, 0.2) is 0 Å². The van der Waals surface area contributed by atoms with Crippen molar-refractivity contribution in [2.45, 2.75) is 6.92 Å². The number of hydrogen-bond donors (Lipinski definition) is 2. The first-order chi connectivity index (χ1) is 9.04. The highest BCUT2D eigenvalue weighted by atomic mass is 16.5. The Morgan fingerprint density at radius 3 is 2.74 bits per heavy atom. The average Bonchev–Trinajstić information content (AvgIpc) is 2.37. The van der Waals surface area contributed by atoms with Crippen LogP contribution in [0.5, 0.6) is 0 Å². The number of carboxylic acid groups (broad SMARTS) is 1. The molecule has 0 heterocycles. The van der Waals surface area contributed by atoms with E-state index in [2.05, 4.69) is 5.32 Å². The summed E-state index contributed by atoms with van der Waals surface area (Å²) in [5.41, 5.74) is 2.16.